The first-order chi connectivity index (χ1) is 13.1. The predicted octanol–water partition coefficient (Wildman–Crippen LogP) is 4.87. The van der Waals surface area contributed by atoms with Gasteiger partial charge in [-0.15, -0.1) is 0 Å². The van der Waals surface area contributed by atoms with E-state index in [-0.39, 0.29) is 22.5 Å². The Hall–Kier alpha value is -1.93. The smallest absolute Gasteiger partial charge is 0.194 e. The third-order valence-electron chi connectivity index (χ3n) is 4.01. The van der Waals surface area contributed by atoms with E-state index in [1.165, 1.54) is 18.2 Å². The van der Waals surface area contributed by atoms with Gasteiger partial charge >= 0.3 is 0 Å². The van der Waals surface area contributed by atoms with Gasteiger partial charge in [-0.25, -0.2) is 17.8 Å². The van der Waals surface area contributed by atoms with Crippen molar-refractivity contribution in [3.63, 3.8) is 0 Å². The zero-order valence-corrected chi connectivity index (χ0v) is 17.4. The molecule has 0 spiro atoms. The normalized spacial score (nSPS) is 12.9. The van der Waals surface area contributed by atoms with E-state index in [4.69, 9.17) is 27.9 Å². The average molecular weight is 443 g/mol. The molecule has 0 saturated carbocycles. The lowest BCUT2D eigenvalue weighted by molar-refractivity contribution is 0.0613. The average Bonchev–Trinajstić information content (AvgIpc) is 3.00. The Bertz CT molecular complexity index is 1120. The van der Waals surface area contributed by atoms with Gasteiger partial charge in [-0.1, -0.05) is 41.4 Å². The van der Waals surface area contributed by atoms with Crippen molar-refractivity contribution in [2.75, 3.05) is 6.26 Å². The molecule has 0 aliphatic heterocycles. The summed E-state index contributed by atoms with van der Waals surface area (Å²) in [6, 6.07) is 11.3. The summed E-state index contributed by atoms with van der Waals surface area (Å²) in [4.78, 5) is 7.16. The Morgan fingerprint density at radius 1 is 1.21 bits per heavy atom. The van der Waals surface area contributed by atoms with E-state index in [9.17, 15) is 12.8 Å². The second-order valence-electron chi connectivity index (χ2n) is 6.32. The fourth-order valence-corrected chi connectivity index (χ4v) is 4.04. The summed E-state index contributed by atoms with van der Waals surface area (Å²) >= 11 is 11.9. The number of benzene rings is 2. The van der Waals surface area contributed by atoms with Crippen molar-refractivity contribution >= 4 is 33.0 Å². The van der Waals surface area contributed by atoms with Crippen molar-refractivity contribution in [1.82, 2.24) is 9.97 Å². The minimum Gasteiger partial charge on any atom is -0.361 e. The van der Waals surface area contributed by atoms with E-state index in [1.54, 1.807) is 25.1 Å². The Kier molecular flexibility index (Phi) is 6.09. The number of sulfone groups is 1. The number of imidazole rings is 1. The lowest BCUT2D eigenvalue weighted by atomic mass is 10.1. The van der Waals surface area contributed by atoms with Gasteiger partial charge in [0.2, 0.25) is 0 Å². The summed E-state index contributed by atoms with van der Waals surface area (Å²) in [6.45, 7) is 1.78. The van der Waals surface area contributed by atoms with Crippen LogP contribution in [0.5, 0.6) is 0 Å². The van der Waals surface area contributed by atoms with Crippen LogP contribution in [-0.4, -0.2) is 24.6 Å². The molecule has 0 bridgehead atoms. The van der Waals surface area contributed by atoms with E-state index < -0.39 is 21.8 Å². The summed E-state index contributed by atoms with van der Waals surface area (Å²) in [6.07, 6.45) is 0.294. The van der Waals surface area contributed by atoms with Crippen LogP contribution in [0.3, 0.4) is 0 Å². The molecule has 3 rings (SSSR count). The fraction of sp³-hybridized carbons (Fsp3) is 0.211. The number of H-pyrrole nitrogens is 1. The summed E-state index contributed by atoms with van der Waals surface area (Å²) in [5.41, 5.74) is 1.74. The van der Waals surface area contributed by atoms with Gasteiger partial charge in [0.05, 0.1) is 17.3 Å². The molecule has 0 aliphatic rings. The van der Waals surface area contributed by atoms with Gasteiger partial charge in [-0.3, -0.25) is 0 Å². The van der Waals surface area contributed by atoms with Crippen LogP contribution in [0.1, 0.15) is 28.7 Å². The molecule has 1 atom stereocenters. The molecule has 0 radical (unpaired) electrons. The summed E-state index contributed by atoms with van der Waals surface area (Å²) < 4.78 is 43.5. The van der Waals surface area contributed by atoms with Gasteiger partial charge in [0.1, 0.15) is 17.7 Å². The summed E-state index contributed by atoms with van der Waals surface area (Å²) in [7, 11) is -3.52. The quantitative estimate of drug-likeness (QED) is 0.590. The molecule has 5 nitrogen and oxygen atoms in total. The third-order valence-corrected chi connectivity index (χ3v) is 5.63. The predicted molar refractivity (Wildman–Crippen MR) is 106 cm³/mol. The van der Waals surface area contributed by atoms with E-state index in [0.717, 1.165) is 11.8 Å². The molecule has 3 aromatic rings. The topological polar surface area (TPSA) is 72.0 Å². The molecule has 148 valence electrons. The van der Waals surface area contributed by atoms with Crippen LogP contribution in [0.4, 0.5) is 4.39 Å². The highest BCUT2D eigenvalue weighted by Crippen LogP contribution is 2.30. The van der Waals surface area contributed by atoms with E-state index in [0.29, 0.717) is 16.3 Å². The molecule has 0 amide bonds. The Morgan fingerprint density at radius 3 is 2.57 bits per heavy atom. The van der Waals surface area contributed by atoms with Crippen LogP contribution in [0.25, 0.3) is 0 Å². The molecule has 0 fully saturated rings. The van der Waals surface area contributed by atoms with Gasteiger partial charge in [-0.05, 0) is 42.3 Å². The lowest BCUT2D eigenvalue weighted by Gasteiger charge is -2.17. The van der Waals surface area contributed by atoms with E-state index in [2.05, 4.69) is 9.97 Å². The SMILES string of the molecule is Cc1[nH]c(C(OCc2cccc(Cl)c2)c2ccc(F)c(Cl)c2)nc1S(C)(=O)=O. The zero-order chi connectivity index (χ0) is 20.5. The van der Waals surface area contributed by atoms with Crippen LogP contribution in [0.15, 0.2) is 47.5 Å². The summed E-state index contributed by atoms with van der Waals surface area (Å²) in [5.74, 6) is -0.283. The Balaban J connectivity index is 2.00. The van der Waals surface area contributed by atoms with Crippen molar-refractivity contribution in [3.05, 3.63) is 81.0 Å². The van der Waals surface area contributed by atoms with Gasteiger partial charge in [0.15, 0.2) is 14.9 Å². The van der Waals surface area contributed by atoms with E-state index >= 15 is 0 Å². The second-order valence-corrected chi connectivity index (χ2v) is 9.09. The fourth-order valence-electron chi connectivity index (χ4n) is 2.77. The number of aromatic amines is 1. The molecule has 1 unspecified atom stereocenters. The minimum atomic E-state index is -3.52. The van der Waals surface area contributed by atoms with Crippen molar-refractivity contribution in [1.29, 1.82) is 0 Å². The number of ether oxygens (including phenoxy) is 1. The Labute approximate surface area is 172 Å². The molecule has 9 heteroatoms. The van der Waals surface area contributed by atoms with Crippen LogP contribution in [0, 0.1) is 12.7 Å². The van der Waals surface area contributed by atoms with Gasteiger partial charge in [0, 0.05) is 11.3 Å². The molecule has 28 heavy (non-hydrogen) atoms. The minimum absolute atomic E-state index is 0.0629. The standard InChI is InChI=1S/C19H17Cl2FN2O3S/c1-11-19(28(2,25)26)24-18(23-11)17(13-6-7-16(22)15(21)9-13)27-10-12-4-3-5-14(20)8-12/h3-9,17H,10H2,1-2H3,(H,23,24). The largest absolute Gasteiger partial charge is 0.361 e. The van der Waals surface area contributed by atoms with Crippen LogP contribution < -0.4 is 0 Å². The molecule has 2 aromatic carbocycles. The molecule has 0 saturated heterocycles. The van der Waals surface area contributed by atoms with Crippen LogP contribution in [0.2, 0.25) is 10.0 Å². The maximum absolute atomic E-state index is 13.6. The first-order valence-electron chi connectivity index (χ1n) is 8.22. The molecular weight excluding hydrogens is 426 g/mol. The third kappa shape index (κ3) is 4.72. The monoisotopic (exact) mass is 442 g/mol. The molecular formula is C19H17Cl2FN2O3S. The number of rotatable bonds is 6. The van der Waals surface area contributed by atoms with Crippen molar-refractivity contribution in [2.24, 2.45) is 0 Å². The van der Waals surface area contributed by atoms with Crippen molar-refractivity contribution < 1.29 is 17.5 Å². The number of halogens is 3. The van der Waals surface area contributed by atoms with Crippen molar-refractivity contribution in [3.8, 4) is 0 Å². The first kappa shape index (κ1) is 20.8. The molecule has 1 aromatic heterocycles. The van der Waals surface area contributed by atoms with Gasteiger partial charge in [-0.2, -0.15) is 0 Å². The number of hydrogen-bond acceptors (Lipinski definition) is 4. The lowest BCUT2D eigenvalue weighted by Crippen LogP contribution is -2.09. The molecule has 1 N–H and O–H groups in total. The highest BCUT2D eigenvalue weighted by Gasteiger charge is 2.24. The molecule has 0 aliphatic carbocycles. The number of aryl methyl sites for hydroxylation is 1. The number of aromatic nitrogens is 2. The number of nitrogens with one attached hydrogen (secondary N) is 1. The molecule has 1 heterocycles. The number of nitrogens with zero attached hydrogens (tertiary/aromatic N) is 1. The highest BCUT2D eigenvalue weighted by molar-refractivity contribution is 7.90. The van der Waals surface area contributed by atoms with Gasteiger partial charge < -0.3 is 9.72 Å². The van der Waals surface area contributed by atoms with Crippen molar-refractivity contribution in [2.45, 2.75) is 24.7 Å². The van der Waals surface area contributed by atoms with Crippen LogP contribution >= 0.6 is 23.2 Å². The highest BCUT2D eigenvalue weighted by atomic mass is 35.5. The second kappa shape index (κ2) is 8.21. The summed E-state index contributed by atoms with van der Waals surface area (Å²) in [5, 5.41) is 0.434. The number of hydrogen-bond donors (Lipinski definition) is 1. The zero-order valence-electron chi connectivity index (χ0n) is 15.0. The first-order valence-corrected chi connectivity index (χ1v) is 10.9. The Morgan fingerprint density at radius 2 is 1.96 bits per heavy atom. The maximum atomic E-state index is 13.6. The van der Waals surface area contributed by atoms with Gasteiger partial charge in [0.25, 0.3) is 0 Å². The van der Waals surface area contributed by atoms with E-state index in [1.807, 2.05) is 6.07 Å². The maximum Gasteiger partial charge on any atom is 0.194 e. The van der Waals surface area contributed by atoms with Crippen LogP contribution in [-0.2, 0) is 21.2 Å².